The van der Waals surface area contributed by atoms with Crippen LogP contribution in [0, 0.1) is 39.9 Å². The molecule has 4 aliphatic carbocycles. The van der Waals surface area contributed by atoms with Gasteiger partial charge >= 0.3 is 0 Å². The van der Waals surface area contributed by atoms with Crippen molar-refractivity contribution < 1.29 is 0 Å². The van der Waals surface area contributed by atoms with Crippen molar-refractivity contribution in [3.63, 3.8) is 0 Å². The number of nitrogens with zero attached hydrogens (tertiary/aromatic N) is 3. The Balaban J connectivity index is 1.47. The zero-order chi connectivity index (χ0) is 18.8. The van der Waals surface area contributed by atoms with Crippen molar-refractivity contribution in [1.82, 2.24) is 9.55 Å². The Morgan fingerprint density at radius 3 is 2.74 bits per heavy atom. The first-order valence-electron chi connectivity index (χ1n) is 10.6. The summed E-state index contributed by atoms with van der Waals surface area (Å²) in [5.74, 6) is 2.26. The average Bonchev–Trinajstić information content (AvgIpc) is 3.25. The van der Waals surface area contributed by atoms with Gasteiger partial charge in [0.2, 0.25) is 0 Å². The number of nitriles is 1. The molecule has 2 N–H and O–H groups in total. The maximum absolute atomic E-state index is 9.14. The van der Waals surface area contributed by atoms with Gasteiger partial charge in [-0.3, -0.25) is 0 Å². The van der Waals surface area contributed by atoms with E-state index in [9.17, 15) is 0 Å². The van der Waals surface area contributed by atoms with Gasteiger partial charge in [-0.2, -0.15) is 5.26 Å². The summed E-state index contributed by atoms with van der Waals surface area (Å²) in [5, 5.41) is 9.14. The molecule has 5 rings (SSSR count). The fourth-order valence-corrected chi connectivity index (χ4v) is 7.15. The van der Waals surface area contributed by atoms with Gasteiger partial charge in [0.1, 0.15) is 12.4 Å². The molecule has 0 aromatic carbocycles. The van der Waals surface area contributed by atoms with Crippen molar-refractivity contribution in [2.45, 2.75) is 64.8 Å². The van der Waals surface area contributed by atoms with Crippen molar-refractivity contribution in [2.75, 3.05) is 0 Å². The number of hydrogen-bond acceptors (Lipinski definition) is 3. The Kier molecular flexibility index (Phi) is 3.72. The number of hydrogen-bond donors (Lipinski definition) is 1. The van der Waals surface area contributed by atoms with E-state index in [4.69, 9.17) is 11.0 Å². The molecule has 2 fully saturated rings. The quantitative estimate of drug-likeness (QED) is 0.748. The molecule has 0 aliphatic heterocycles. The predicted octanol–water partition coefficient (Wildman–Crippen LogP) is 4.50. The van der Waals surface area contributed by atoms with Crippen molar-refractivity contribution in [2.24, 2.45) is 34.3 Å². The lowest BCUT2D eigenvalue weighted by Gasteiger charge is -2.57. The van der Waals surface area contributed by atoms with E-state index in [1.165, 1.54) is 37.8 Å². The van der Waals surface area contributed by atoms with E-state index in [1.54, 1.807) is 5.57 Å². The van der Waals surface area contributed by atoms with E-state index in [0.29, 0.717) is 23.1 Å². The maximum Gasteiger partial charge on any atom is 0.158 e. The van der Waals surface area contributed by atoms with Crippen LogP contribution in [0.2, 0.25) is 0 Å². The van der Waals surface area contributed by atoms with E-state index in [0.717, 1.165) is 24.7 Å². The summed E-state index contributed by atoms with van der Waals surface area (Å²) in [4.78, 5) is 4.24. The first kappa shape index (κ1) is 17.3. The topological polar surface area (TPSA) is 67.6 Å². The summed E-state index contributed by atoms with van der Waals surface area (Å²) < 4.78 is 2.12. The highest BCUT2D eigenvalue weighted by Gasteiger charge is 2.56. The zero-order valence-electron chi connectivity index (χ0n) is 16.5. The van der Waals surface area contributed by atoms with Crippen molar-refractivity contribution in [3.8, 4) is 6.07 Å². The minimum absolute atomic E-state index is 0.196. The molecular weight excluding hydrogens is 332 g/mol. The second-order valence-electron chi connectivity index (χ2n) is 9.82. The molecule has 142 valence electrons. The van der Waals surface area contributed by atoms with Crippen LogP contribution < -0.4 is 5.73 Å². The van der Waals surface area contributed by atoms with Crippen LogP contribution in [-0.4, -0.2) is 15.6 Å². The number of rotatable bonds is 1. The number of fused-ring (bicyclic) bond motifs is 5. The van der Waals surface area contributed by atoms with Gasteiger partial charge in [-0.1, -0.05) is 31.6 Å². The van der Waals surface area contributed by atoms with E-state index in [-0.39, 0.29) is 5.41 Å². The molecule has 1 aromatic heterocycles. The summed E-state index contributed by atoms with van der Waals surface area (Å²) in [5.41, 5.74) is 10.4. The summed E-state index contributed by atoms with van der Waals surface area (Å²) >= 11 is 0. The molecule has 4 nitrogen and oxygen atoms in total. The van der Waals surface area contributed by atoms with Crippen LogP contribution in [0.15, 0.2) is 30.2 Å². The highest BCUT2D eigenvalue weighted by Crippen LogP contribution is 2.65. The van der Waals surface area contributed by atoms with Gasteiger partial charge < -0.3 is 10.3 Å². The van der Waals surface area contributed by atoms with Gasteiger partial charge in [0, 0.05) is 23.4 Å². The molecule has 6 atom stereocenters. The van der Waals surface area contributed by atoms with Gasteiger partial charge in [-0.05, 0) is 68.1 Å². The second kappa shape index (κ2) is 5.82. The molecule has 0 saturated heterocycles. The van der Waals surface area contributed by atoms with E-state index >= 15 is 0 Å². The standard InChI is InChI=1S/C23H30N4/c1-22-9-7-16(25)11-15(22)3-4-18-19-5-6-21(23(19,2)10-8-20(18)22)27-13-17(12-24)26-14-27/h3,6,13-14,16,18-20H,4-5,7-11,25H2,1-2H3/t16-,18?,19?,20?,22-,23-/m0/s1. The van der Waals surface area contributed by atoms with Gasteiger partial charge in [-0.15, -0.1) is 0 Å². The minimum Gasteiger partial charge on any atom is -0.327 e. The molecular formula is C23H30N4. The fraction of sp³-hybridized carbons (Fsp3) is 0.652. The van der Waals surface area contributed by atoms with Gasteiger partial charge in [-0.25, -0.2) is 4.98 Å². The van der Waals surface area contributed by atoms with Crippen LogP contribution >= 0.6 is 0 Å². The Hall–Kier alpha value is -1.86. The Bertz CT molecular complexity index is 871. The highest BCUT2D eigenvalue weighted by molar-refractivity contribution is 5.57. The average molecular weight is 363 g/mol. The third-order valence-corrected chi connectivity index (χ3v) is 8.66. The molecule has 0 radical (unpaired) electrons. The molecule has 2 saturated carbocycles. The van der Waals surface area contributed by atoms with E-state index in [2.05, 4.69) is 41.6 Å². The first-order chi connectivity index (χ1) is 13.0. The Morgan fingerprint density at radius 1 is 1.15 bits per heavy atom. The smallest absolute Gasteiger partial charge is 0.158 e. The number of imidazole rings is 1. The molecule has 4 heteroatoms. The third-order valence-electron chi connectivity index (χ3n) is 8.66. The lowest BCUT2D eigenvalue weighted by molar-refractivity contribution is -0.0127. The SMILES string of the molecule is C[C@]12CC[C@H](N)CC1=CCC1C2CC[C@]2(C)C(n3cnc(C#N)c3)=CCC12. The molecule has 1 aromatic rings. The Morgan fingerprint density at radius 2 is 1.96 bits per heavy atom. The monoisotopic (exact) mass is 362 g/mol. The first-order valence-corrected chi connectivity index (χ1v) is 10.6. The third kappa shape index (κ3) is 2.34. The second-order valence-corrected chi connectivity index (χ2v) is 9.82. The van der Waals surface area contributed by atoms with E-state index < -0.39 is 0 Å². The lowest BCUT2D eigenvalue weighted by atomic mass is 9.47. The molecule has 0 amide bonds. The summed E-state index contributed by atoms with van der Waals surface area (Å²) in [7, 11) is 0. The molecule has 0 bridgehead atoms. The molecule has 0 spiro atoms. The molecule has 27 heavy (non-hydrogen) atoms. The van der Waals surface area contributed by atoms with Crippen LogP contribution in [0.4, 0.5) is 0 Å². The number of allylic oxidation sites excluding steroid dienone is 3. The Labute approximate surface area is 162 Å². The van der Waals surface area contributed by atoms with Crippen LogP contribution in [0.3, 0.4) is 0 Å². The zero-order valence-corrected chi connectivity index (χ0v) is 16.5. The van der Waals surface area contributed by atoms with Crippen LogP contribution in [0.25, 0.3) is 5.70 Å². The van der Waals surface area contributed by atoms with Crippen molar-refractivity contribution >= 4 is 5.70 Å². The summed E-state index contributed by atoms with van der Waals surface area (Å²) in [6.07, 6.45) is 17.2. The minimum atomic E-state index is 0.196. The molecule has 4 aliphatic rings. The highest BCUT2D eigenvalue weighted by atomic mass is 15.1. The van der Waals surface area contributed by atoms with Gasteiger partial charge in [0.25, 0.3) is 0 Å². The normalized spacial score (nSPS) is 43.0. The largest absolute Gasteiger partial charge is 0.327 e. The lowest BCUT2D eigenvalue weighted by Crippen LogP contribution is -2.50. The summed E-state index contributed by atoms with van der Waals surface area (Å²) in [6, 6.07) is 2.53. The number of nitrogens with two attached hydrogens (primary N) is 1. The van der Waals surface area contributed by atoms with Crippen molar-refractivity contribution in [3.05, 3.63) is 35.9 Å². The van der Waals surface area contributed by atoms with Crippen LogP contribution in [0.1, 0.15) is 64.5 Å². The molecule has 1 heterocycles. The van der Waals surface area contributed by atoms with Crippen LogP contribution in [-0.2, 0) is 0 Å². The van der Waals surface area contributed by atoms with E-state index in [1.807, 2.05) is 12.5 Å². The predicted molar refractivity (Wildman–Crippen MR) is 106 cm³/mol. The van der Waals surface area contributed by atoms with Crippen LogP contribution in [0.5, 0.6) is 0 Å². The summed E-state index contributed by atoms with van der Waals surface area (Å²) in [6.45, 7) is 4.99. The molecule has 3 unspecified atom stereocenters. The fourth-order valence-electron chi connectivity index (χ4n) is 7.15. The maximum atomic E-state index is 9.14. The van der Waals surface area contributed by atoms with Gasteiger partial charge in [0.15, 0.2) is 5.69 Å². The van der Waals surface area contributed by atoms with Crippen molar-refractivity contribution in [1.29, 1.82) is 5.26 Å². The van der Waals surface area contributed by atoms with Gasteiger partial charge in [0.05, 0.1) is 0 Å². The number of aromatic nitrogens is 2.